The third kappa shape index (κ3) is 7.18. The monoisotopic (exact) mass is 552 g/mol. The maximum atomic E-state index is 14.0. The average molecular weight is 553 g/mol. The standard InChI is InChI=1S/C35H44N4O2/c1-22(2)26-17-13-18-27(23(3)4)31(26)38-33(40)30(20-25-21-36-29-19-12-11-16-28(25)29)37-34(41)39-32(35(5,6)7)24-14-9-8-10-15-24/h8-19,21-23,30,32,36H,20H2,1-7H3,(H,38,40)(H2,37,39,41)/t30-,32?/m0/s1. The second-order valence-electron chi connectivity index (χ2n) is 12.6. The molecule has 6 heteroatoms. The molecule has 0 aliphatic heterocycles. The lowest BCUT2D eigenvalue weighted by atomic mass is 9.82. The zero-order valence-corrected chi connectivity index (χ0v) is 25.3. The molecule has 0 radical (unpaired) electrons. The van der Waals surface area contributed by atoms with E-state index in [9.17, 15) is 9.59 Å². The minimum atomic E-state index is -0.800. The number of amides is 3. The molecule has 0 spiro atoms. The summed E-state index contributed by atoms with van der Waals surface area (Å²) in [6.45, 7) is 14.8. The number of carbonyl (C=O) groups is 2. The van der Waals surface area contributed by atoms with Crippen molar-refractivity contribution in [2.75, 3.05) is 5.32 Å². The van der Waals surface area contributed by atoms with E-state index in [0.29, 0.717) is 6.42 Å². The van der Waals surface area contributed by atoms with Gasteiger partial charge in [0.25, 0.3) is 0 Å². The number of rotatable bonds is 9. The molecule has 0 fully saturated rings. The molecule has 1 unspecified atom stereocenters. The lowest BCUT2D eigenvalue weighted by Gasteiger charge is -2.32. The number of hydrogen-bond donors (Lipinski definition) is 4. The zero-order valence-electron chi connectivity index (χ0n) is 25.3. The number of urea groups is 1. The molecule has 4 N–H and O–H groups in total. The Bertz CT molecular complexity index is 1450. The van der Waals surface area contributed by atoms with Gasteiger partial charge < -0.3 is 20.9 Å². The number of benzene rings is 3. The van der Waals surface area contributed by atoms with Crippen molar-refractivity contribution in [3.05, 3.63) is 101 Å². The fourth-order valence-electron chi connectivity index (χ4n) is 5.41. The van der Waals surface area contributed by atoms with Crippen LogP contribution in [0.25, 0.3) is 10.9 Å². The molecule has 216 valence electrons. The van der Waals surface area contributed by atoms with E-state index in [1.54, 1.807) is 0 Å². The molecule has 41 heavy (non-hydrogen) atoms. The first kappa shape index (κ1) is 29.9. The highest BCUT2D eigenvalue weighted by Crippen LogP contribution is 2.34. The molecule has 2 atom stereocenters. The zero-order chi connectivity index (χ0) is 29.7. The molecule has 3 amide bonds. The quantitative estimate of drug-likeness (QED) is 0.169. The molecule has 1 heterocycles. The van der Waals surface area contributed by atoms with Gasteiger partial charge >= 0.3 is 6.03 Å². The van der Waals surface area contributed by atoms with Gasteiger partial charge in [-0.2, -0.15) is 0 Å². The fourth-order valence-corrected chi connectivity index (χ4v) is 5.41. The van der Waals surface area contributed by atoms with Crippen molar-refractivity contribution < 1.29 is 9.59 Å². The molecule has 3 aromatic carbocycles. The molecule has 0 aliphatic carbocycles. The van der Waals surface area contributed by atoms with Crippen molar-refractivity contribution in [3.8, 4) is 0 Å². The number of fused-ring (bicyclic) bond motifs is 1. The molecule has 6 nitrogen and oxygen atoms in total. The first-order valence-corrected chi connectivity index (χ1v) is 14.6. The highest BCUT2D eigenvalue weighted by molar-refractivity contribution is 5.99. The molecule has 0 saturated heterocycles. The number of para-hydroxylation sites is 2. The summed E-state index contributed by atoms with van der Waals surface area (Å²) in [6.07, 6.45) is 2.27. The lowest BCUT2D eigenvalue weighted by molar-refractivity contribution is -0.117. The van der Waals surface area contributed by atoms with Crippen molar-refractivity contribution >= 4 is 28.5 Å². The largest absolute Gasteiger partial charge is 0.361 e. The summed E-state index contributed by atoms with van der Waals surface area (Å²) in [6, 6.07) is 22.7. The number of hydrogen-bond acceptors (Lipinski definition) is 2. The molecule has 1 aromatic heterocycles. The van der Waals surface area contributed by atoms with Crippen molar-refractivity contribution in [1.29, 1.82) is 0 Å². The van der Waals surface area contributed by atoms with E-state index in [1.807, 2.05) is 66.9 Å². The van der Waals surface area contributed by atoms with Crippen molar-refractivity contribution in [2.24, 2.45) is 5.41 Å². The number of aromatic nitrogens is 1. The maximum Gasteiger partial charge on any atom is 0.315 e. The molecule has 0 saturated carbocycles. The van der Waals surface area contributed by atoms with E-state index in [-0.39, 0.29) is 35.2 Å². The van der Waals surface area contributed by atoms with Crippen LogP contribution in [0.5, 0.6) is 0 Å². The van der Waals surface area contributed by atoms with Crippen LogP contribution in [0.2, 0.25) is 0 Å². The average Bonchev–Trinajstić information content (AvgIpc) is 3.33. The smallest absolute Gasteiger partial charge is 0.315 e. The predicted octanol–water partition coefficient (Wildman–Crippen LogP) is 8.05. The second kappa shape index (κ2) is 12.6. The van der Waals surface area contributed by atoms with Gasteiger partial charge in [0.05, 0.1) is 6.04 Å². The Hall–Kier alpha value is -4.06. The van der Waals surface area contributed by atoms with E-state index >= 15 is 0 Å². The Kier molecular flexibility index (Phi) is 9.21. The highest BCUT2D eigenvalue weighted by Gasteiger charge is 2.30. The number of aromatic amines is 1. The van der Waals surface area contributed by atoms with Gasteiger partial charge in [-0.05, 0) is 45.6 Å². The number of nitrogens with one attached hydrogen (secondary N) is 4. The molecular formula is C35H44N4O2. The van der Waals surface area contributed by atoms with Crippen LogP contribution in [-0.2, 0) is 11.2 Å². The Morgan fingerprint density at radius 2 is 1.39 bits per heavy atom. The molecule has 4 aromatic rings. The number of carbonyl (C=O) groups excluding carboxylic acids is 2. The molecule has 0 aliphatic rings. The van der Waals surface area contributed by atoms with Gasteiger partial charge in [0.2, 0.25) is 5.91 Å². The summed E-state index contributed by atoms with van der Waals surface area (Å²) < 4.78 is 0. The van der Waals surface area contributed by atoms with Gasteiger partial charge in [-0.25, -0.2) is 4.79 Å². The second-order valence-corrected chi connectivity index (χ2v) is 12.6. The molecular weight excluding hydrogens is 508 g/mol. The van der Waals surface area contributed by atoms with Crippen molar-refractivity contribution in [3.63, 3.8) is 0 Å². The summed E-state index contributed by atoms with van der Waals surface area (Å²) in [7, 11) is 0. The van der Waals surface area contributed by atoms with Crippen LogP contribution in [0, 0.1) is 5.41 Å². The van der Waals surface area contributed by atoms with Gasteiger partial charge in [0.15, 0.2) is 0 Å². The van der Waals surface area contributed by atoms with Crippen LogP contribution in [-0.4, -0.2) is 23.0 Å². The van der Waals surface area contributed by atoms with Crippen LogP contribution < -0.4 is 16.0 Å². The highest BCUT2D eigenvalue weighted by atomic mass is 16.2. The Morgan fingerprint density at radius 3 is 2.00 bits per heavy atom. The summed E-state index contributed by atoms with van der Waals surface area (Å²) in [5.74, 6) is 0.212. The van der Waals surface area contributed by atoms with Gasteiger partial charge in [-0.3, -0.25) is 4.79 Å². The first-order chi connectivity index (χ1) is 19.5. The van der Waals surface area contributed by atoms with Crippen molar-refractivity contribution in [2.45, 2.75) is 78.8 Å². The van der Waals surface area contributed by atoms with E-state index in [2.05, 4.69) is 81.5 Å². The third-order valence-electron chi connectivity index (χ3n) is 7.62. The summed E-state index contributed by atoms with van der Waals surface area (Å²) >= 11 is 0. The van der Waals surface area contributed by atoms with Crippen LogP contribution in [0.1, 0.15) is 88.6 Å². The predicted molar refractivity (Wildman–Crippen MR) is 169 cm³/mol. The summed E-state index contributed by atoms with van der Waals surface area (Å²) in [5.41, 5.74) is 5.74. The fraction of sp³-hybridized carbons (Fsp3) is 0.371. The van der Waals surface area contributed by atoms with Gasteiger partial charge in [0, 0.05) is 29.2 Å². The molecule has 0 bridgehead atoms. The van der Waals surface area contributed by atoms with E-state index in [0.717, 1.165) is 38.8 Å². The SMILES string of the molecule is CC(C)c1cccc(C(C)C)c1NC(=O)[C@H](Cc1c[nH]c2ccccc12)NC(=O)NC(c1ccccc1)C(C)(C)C. The van der Waals surface area contributed by atoms with Crippen molar-refractivity contribution in [1.82, 2.24) is 15.6 Å². The van der Waals surface area contributed by atoms with E-state index in [4.69, 9.17) is 0 Å². The van der Waals surface area contributed by atoms with Crippen LogP contribution in [0.3, 0.4) is 0 Å². The van der Waals surface area contributed by atoms with Gasteiger partial charge in [-0.1, -0.05) is 115 Å². The maximum absolute atomic E-state index is 14.0. The Morgan fingerprint density at radius 1 is 0.780 bits per heavy atom. The summed E-state index contributed by atoms with van der Waals surface area (Å²) in [4.78, 5) is 30.9. The normalized spacial score (nSPS) is 13.3. The third-order valence-corrected chi connectivity index (χ3v) is 7.62. The summed E-state index contributed by atoms with van der Waals surface area (Å²) in [5, 5.41) is 10.5. The van der Waals surface area contributed by atoms with Gasteiger partial charge in [-0.15, -0.1) is 0 Å². The number of anilines is 1. The van der Waals surface area contributed by atoms with E-state index in [1.165, 1.54) is 0 Å². The van der Waals surface area contributed by atoms with Crippen LogP contribution >= 0.6 is 0 Å². The topological polar surface area (TPSA) is 86.0 Å². The lowest BCUT2D eigenvalue weighted by Crippen LogP contribution is -2.51. The minimum Gasteiger partial charge on any atom is -0.361 e. The number of H-pyrrole nitrogens is 1. The van der Waals surface area contributed by atoms with Gasteiger partial charge in [0.1, 0.15) is 6.04 Å². The Balaban J connectivity index is 1.66. The minimum absolute atomic E-state index is 0.228. The Labute approximate surface area is 244 Å². The first-order valence-electron chi connectivity index (χ1n) is 14.6. The van der Waals surface area contributed by atoms with Crippen LogP contribution in [0.4, 0.5) is 10.5 Å². The molecule has 4 rings (SSSR count). The van der Waals surface area contributed by atoms with Crippen LogP contribution in [0.15, 0.2) is 79.0 Å². The van der Waals surface area contributed by atoms with E-state index < -0.39 is 6.04 Å².